The Balaban J connectivity index is 0.000000190. The summed E-state index contributed by atoms with van der Waals surface area (Å²) in [6.45, 7) is 1.92. The molecular weight excluding hydrogens is 306 g/mol. The maximum Gasteiger partial charge on any atom is 0.206 e. The van der Waals surface area contributed by atoms with Gasteiger partial charge < -0.3 is 5.11 Å². The Morgan fingerprint density at radius 3 is 2.44 bits per heavy atom. The van der Waals surface area contributed by atoms with E-state index >= 15 is 0 Å². The molecule has 2 aliphatic rings. The molecule has 0 aromatic heterocycles. The molecular formula is C23H23NO. The van der Waals surface area contributed by atoms with Gasteiger partial charge in [0, 0.05) is 0 Å². The number of fused-ring (bicyclic) bond motifs is 5. The van der Waals surface area contributed by atoms with E-state index in [9.17, 15) is 0 Å². The van der Waals surface area contributed by atoms with E-state index in [1.807, 2.05) is 13.0 Å². The van der Waals surface area contributed by atoms with Crippen LogP contribution < -0.4 is 0 Å². The highest BCUT2D eigenvalue weighted by molar-refractivity contribution is 6.08. The first-order chi connectivity index (χ1) is 12.2. The molecule has 0 bridgehead atoms. The smallest absolute Gasteiger partial charge is 0.206 e. The molecule has 3 aromatic rings. The Morgan fingerprint density at radius 2 is 1.68 bits per heavy atom. The molecule has 1 aliphatic heterocycles. The SMILES string of the molecule is CC1C=CC(O)=N1.c1ccc2c(c1)ccc1c3c(ccc12)CCCC3. The van der Waals surface area contributed by atoms with Crippen LogP contribution in [0.2, 0.25) is 0 Å². The fraction of sp³-hybridized carbons (Fsp3) is 0.261. The Hall–Kier alpha value is -2.61. The van der Waals surface area contributed by atoms with Gasteiger partial charge in [0.2, 0.25) is 5.90 Å². The highest BCUT2D eigenvalue weighted by atomic mass is 16.3. The van der Waals surface area contributed by atoms with Gasteiger partial charge in [0.25, 0.3) is 0 Å². The van der Waals surface area contributed by atoms with Crippen LogP contribution in [0, 0.1) is 0 Å². The number of hydrogen-bond donors (Lipinski definition) is 1. The number of aliphatic hydroxyl groups excluding tert-OH is 1. The predicted octanol–water partition coefficient (Wildman–Crippen LogP) is 5.77. The zero-order chi connectivity index (χ0) is 17.2. The van der Waals surface area contributed by atoms with Gasteiger partial charge in [0.05, 0.1) is 6.04 Å². The lowest BCUT2D eigenvalue weighted by molar-refractivity contribution is 0.555. The molecule has 1 aliphatic carbocycles. The molecule has 0 spiro atoms. The minimum atomic E-state index is 0.146. The lowest BCUT2D eigenvalue weighted by atomic mass is 9.86. The number of aliphatic imine (C=N–C) groups is 1. The van der Waals surface area contributed by atoms with E-state index in [2.05, 4.69) is 53.5 Å². The number of aliphatic hydroxyl groups is 1. The van der Waals surface area contributed by atoms with Crippen molar-refractivity contribution in [2.24, 2.45) is 4.99 Å². The summed E-state index contributed by atoms with van der Waals surface area (Å²) >= 11 is 0. The van der Waals surface area contributed by atoms with Crippen LogP contribution >= 0.6 is 0 Å². The molecule has 1 heterocycles. The van der Waals surface area contributed by atoms with Gasteiger partial charge in [0.1, 0.15) is 0 Å². The van der Waals surface area contributed by atoms with Crippen LogP contribution in [0.15, 0.2) is 65.7 Å². The first kappa shape index (κ1) is 15.9. The van der Waals surface area contributed by atoms with Crippen molar-refractivity contribution < 1.29 is 5.11 Å². The maximum absolute atomic E-state index is 8.56. The van der Waals surface area contributed by atoms with Crippen LogP contribution in [0.25, 0.3) is 21.5 Å². The van der Waals surface area contributed by atoms with Gasteiger partial charge in [-0.3, -0.25) is 0 Å². The normalized spacial score (nSPS) is 18.6. The van der Waals surface area contributed by atoms with Crippen molar-refractivity contribution >= 4 is 27.4 Å². The van der Waals surface area contributed by atoms with E-state index in [1.165, 1.54) is 47.2 Å². The minimum absolute atomic E-state index is 0.146. The van der Waals surface area contributed by atoms with Crippen molar-refractivity contribution in [1.82, 2.24) is 0 Å². The van der Waals surface area contributed by atoms with E-state index in [0.717, 1.165) is 0 Å². The van der Waals surface area contributed by atoms with E-state index in [4.69, 9.17) is 5.11 Å². The van der Waals surface area contributed by atoms with Gasteiger partial charge in [-0.1, -0.05) is 54.6 Å². The van der Waals surface area contributed by atoms with E-state index in [-0.39, 0.29) is 11.9 Å². The summed E-state index contributed by atoms with van der Waals surface area (Å²) in [4.78, 5) is 3.75. The molecule has 0 amide bonds. The average molecular weight is 329 g/mol. The number of benzene rings is 3. The Morgan fingerprint density at radius 1 is 0.880 bits per heavy atom. The van der Waals surface area contributed by atoms with E-state index < -0.39 is 0 Å². The van der Waals surface area contributed by atoms with Crippen molar-refractivity contribution in [3.8, 4) is 0 Å². The van der Waals surface area contributed by atoms with Crippen LogP contribution in [0.1, 0.15) is 30.9 Å². The molecule has 2 heteroatoms. The summed E-state index contributed by atoms with van der Waals surface area (Å²) in [5.74, 6) is 0.146. The van der Waals surface area contributed by atoms with Crippen LogP contribution in [0.3, 0.4) is 0 Å². The molecule has 1 N–H and O–H groups in total. The van der Waals surface area contributed by atoms with Crippen LogP contribution in [-0.4, -0.2) is 17.0 Å². The molecule has 1 atom stereocenters. The number of rotatable bonds is 0. The molecule has 5 rings (SSSR count). The monoisotopic (exact) mass is 329 g/mol. The summed E-state index contributed by atoms with van der Waals surface area (Å²) in [5.41, 5.74) is 3.17. The quantitative estimate of drug-likeness (QED) is 0.521. The van der Waals surface area contributed by atoms with Crippen molar-refractivity contribution in [3.63, 3.8) is 0 Å². The number of aryl methyl sites for hydroxylation is 2. The Bertz CT molecular complexity index is 984. The maximum atomic E-state index is 8.56. The third-order valence-electron chi connectivity index (χ3n) is 5.12. The second kappa shape index (κ2) is 6.72. The molecule has 0 saturated carbocycles. The number of nitrogens with zero attached hydrogens (tertiary/aromatic N) is 1. The third-order valence-corrected chi connectivity index (χ3v) is 5.12. The molecule has 3 aromatic carbocycles. The largest absolute Gasteiger partial charge is 0.494 e. The van der Waals surface area contributed by atoms with Gasteiger partial charge >= 0.3 is 0 Å². The summed E-state index contributed by atoms with van der Waals surface area (Å²) in [6, 6.07) is 18.1. The van der Waals surface area contributed by atoms with Crippen LogP contribution in [0.5, 0.6) is 0 Å². The Labute approximate surface area is 148 Å². The summed E-state index contributed by atoms with van der Waals surface area (Å²) in [6.07, 6.45) is 8.66. The lowest BCUT2D eigenvalue weighted by Crippen LogP contribution is -2.02. The first-order valence-corrected chi connectivity index (χ1v) is 9.09. The molecule has 0 radical (unpaired) electrons. The van der Waals surface area contributed by atoms with Crippen molar-refractivity contribution in [1.29, 1.82) is 0 Å². The van der Waals surface area contributed by atoms with Crippen molar-refractivity contribution in [3.05, 3.63) is 71.8 Å². The molecule has 126 valence electrons. The van der Waals surface area contributed by atoms with Crippen molar-refractivity contribution in [2.45, 2.75) is 38.6 Å². The van der Waals surface area contributed by atoms with Crippen LogP contribution in [0.4, 0.5) is 0 Å². The molecule has 1 unspecified atom stereocenters. The first-order valence-electron chi connectivity index (χ1n) is 9.09. The van der Waals surface area contributed by atoms with Gasteiger partial charge in [-0.2, -0.15) is 0 Å². The highest BCUT2D eigenvalue weighted by Gasteiger charge is 2.13. The molecule has 2 nitrogen and oxygen atoms in total. The zero-order valence-corrected chi connectivity index (χ0v) is 14.6. The van der Waals surface area contributed by atoms with Crippen molar-refractivity contribution in [2.75, 3.05) is 0 Å². The van der Waals surface area contributed by atoms with Gasteiger partial charge in [0.15, 0.2) is 0 Å². The van der Waals surface area contributed by atoms with Crippen LogP contribution in [-0.2, 0) is 12.8 Å². The zero-order valence-electron chi connectivity index (χ0n) is 14.6. The van der Waals surface area contributed by atoms with Gasteiger partial charge in [-0.15, -0.1) is 0 Å². The highest BCUT2D eigenvalue weighted by Crippen LogP contribution is 2.33. The number of hydrogen-bond acceptors (Lipinski definition) is 1. The molecule has 0 fully saturated rings. The second-order valence-electron chi connectivity index (χ2n) is 6.88. The van der Waals surface area contributed by atoms with E-state index in [1.54, 1.807) is 17.2 Å². The lowest BCUT2D eigenvalue weighted by Gasteiger charge is -2.18. The third kappa shape index (κ3) is 3.17. The van der Waals surface area contributed by atoms with Gasteiger partial charge in [-0.25, -0.2) is 4.99 Å². The predicted molar refractivity (Wildman–Crippen MR) is 107 cm³/mol. The topological polar surface area (TPSA) is 32.6 Å². The van der Waals surface area contributed by atoms with Gasteiger partial charge in [-0.05, 0) is 71.4 Å². The summed E-state index contributed by atoms with van der Waals surface area (Å²) < 4.78 is 0. The fourth-order valence-electron chi connectivity index (χ4n) is 3.86. The van der Waals surface area contributed by atoms with E-state index in [0.29, 0.717) is 0 Å². The standard InChI is InChI=1S/C18H16.C5H7NO/c1-3-7-15-13(5-1)9-11-18-16-8-4-2-6-14(16)10-12-17(15)18;1-4-2-3-5(7)6-4/h1,3,5,7,9-12H,2,4,6,8H2;2-4H,1H3,(H,6,7). The molecule has 0 saturated heterocycles. The molecule has 25 heavy (non-hydrogen) atoms. The minimum Gasteiger partial charge on any atom is -0.494 e. The fourth-order valence-corrected chi connectivity index (χ4v) is 3.86. The Kier molecular flexibility index (Phi) is 4.27. The second-order valence-corrected chi connectivity index (χ2v) is 6.88. The summed E-state index contributed by atoms with van der Waals surface area (Å²) in [5, 5.41) is 14.2. The summed E-state index contributed by atoms with van der Waals surface area (Å²) in [7, 11) is 0. The average Bonchev–Trinajstić information content (AvgIpc) is 3.04.